The molecule has 0 aromatic carbocycles. The molecule has 0 aromatic heterocycles. The minimum atomic E-state index is -0.791. The molecular formula is C11H21NO3. The third kappa shape index (κ3) is 4.62. The molecule has 1 unspecified atom stereocenters. The van der Waals surface area contributed by atoms with Crippen molar-refractivity contribution in [1.29, 1.82) is 0 Å². The van der Waals surface area contributed by atoms with E-state index in [4.69, 9.17) is 9.84 Å². The Hall–Kier alpha value is -0.610. The third-order valence-corrected chi connectivity index (χ3v) is 2.90. The van der Waals surface area contributed by atoms with E-state index in [-0.39, 0.29) is 5.60 Å². The van der Waals surface area contributed by atoms with E-state index in [0.29, 0.717) is 12.3 Å². The summed E-state index contributed by atoms with van der Waals surface area (Å²) in [7, 11) is 1.61. The van der Waals surface area contributed by atoms with Gasteiger partial charge in [-0.1, -0.05) is 0 Å². The molecule has 15 heavy (non-hydrogen) atoms. The Balaban J connectivity index is 2.38. The molecule has 88 valence electrons. The summed E-state index contributed by atoms with van der Waals surface area (Å²) >= 11 is 0. The van der Waals surface area contributed by atoms with Crippen molar-refractivity contribution >= 4 is 5.97 Å². The summed E-state index contributed by atoms with van der Waals surface area (Å²) in [5.74, 6) is -0.0988. The molecule has 4 nitrogen and oxygen atoms in total. The highest BCUT2D eigenvalue weighted by atomic mass is 16.5. The van der Waals surface area contributed by atoms with Gasteiger partial charge in [0, 0.05) is 13.5 Å². The summed E-state index contributed by atoms with van der Waals surface area (Å²) in [6.07, 6.45) is 2.95. The van der Waals surface area contributed by atoms with Crippen LogP contribution in [0.2, 0.25) is 0 Å². The number of ether oxygens (including phenoxy) is 1. The zero-order chi connectivity index (χ0) is 11.5. The van der Waals surface area contributed by atoms with Gasteiger partial charge in [-0.15, -0.1) is 0 Å². The van der Waals surface area contributed by atoms with Gasteiger partial charge in [0.05, 0.1) is 5.60 Å². The van der Waals surface area contributed by atoms with Gasteiger partial charge in [-0.05, 0) is 39.2 Å². The second-order valence-electron chi connectivity index (χ2n) is 4.91. The maximum absolute atomic E-state index is 11.0. The van der Waals surface area contributed by atoms with Crippen LogP contribution in [0.25, 0.3) is 0 Å². The molecule has 0 bridgehead atoms. The molecule has 2 N–H and O–H groups in total. The summed E-state index contributed by atoms with van der Waals surface area (Å²) in [4.78, 5) is 11.0. The quantitative estimate of drug-likeness (QED) is 0.671. The van der Waals surface area contributed by atoms with E-state index in [0.717, 1.165) is 6.54 Å². The highest BCUT2D eigenvalue weighted by Crippen LogP contribution is 2.28. The van der Waals surface area contributed by atoms with Gasteiger partial charge in [-0.2, -0.15) is 0 Å². The zero-order valence-corrected chi connectivity index (χ0v) is 9.75. The molecule has 0 heterocycles. The average Bonchev–Trinajstić information content (AvgIpc) is 2.95. The monoisotopic (exact) mass is 215 g/mol. The van der Waals surface area contributed by atoms with Crippen LogP contribution in [0, 0.1) is 5.92 Å². The maximum Gasteiger partial charge on any atom is 0.320 e. The summed E-state index contributed by atoms with van der Waals surface area (Å²) in [5, 5.41) is 12.1. The van der Waals surface area contributed by atoms with E-state index >= 15 is 0 Å². The molecule has 1 rings (SSSR count). The molecule has 4 heteroatoms. The first kappa shape index (κ1) is 12.5. The lowest BCUT2D eigenvalue weighted by molar-refractivity contribution is -0.141. The van der Waals surface area contributed by atoms with Crippen LogP contribution in [-0.2, 0) is 9.53 Å². The molecule has 1 aliphatic rings. The van der Waals surface area contributed by atoms with Crippen molar-refractivity contribution in [2.45, 2.75) is 44.8 Å². The van der Waals surface area contributed by atoms with Gasteiger partial charge < -0.3 is 15.2 Å². The molecule has 0 saturated heterocycles. The number of hydrogen-bond acceptors (Lipinski definition) is 3. The smallest absolute Gasteiger partial charge is 0.320 e. The number of hydrogen-bond donors (Lipinski definition) is 2. The van der Waals surface area contributed by atoms with Crippen LogP contribution >= 0.6 is 0 Å². The minimum absolute atomic E-state index is 0.389. The van der Waals surface area contributed by atoms with Crippen LogP contribution in [0.5, 0.6) is 0 Å². The van der Waals surface area contributed by atoms with Crippen molar-refractivity contribution in [3.8, 4) is 0 Å². The van der Waals surface area contributed by atoms with Crippen LogP contribution in [0.3, 0.4) is 0 Å². The van der Waals surface area contributed by atoms with Gasteiger partial charge in [0.15, 0.2) is 0 Å². The largest absolute Gasteiger partial charge is 0.480 e. The van der Waals surface area contributed by atoms with Gasteiger partial charge >= 0.3 is 5.97 Å². The molecule has 0 amide bonds. The topological polar surface area (TPSA) is 58.6 Å². The second kappa shape index (κ2) is 4.94. The Morgan fingerprint density at radius 2 is 2.20 bits per heavy atom. The number of carboxylic acids is 1. The van der Waals surface area contributed by atoms with Gasteiger partial charge in [-0.25, -0.2) is 0 Å². The van der Waals surface area contributed by atoms with Crippen molar-refractivity contribution in [3.05, 3.63) is 0 Å². The minimum Gasteiger partial charge on any atom is -0.480 e. The summed E-state index contributed by atoms with van der Waals surface area (Å²) in [5.41, 5.74) is -0.389. The van der Waals surface area contributed by atoms with Crippen molar-refractivity contribution in [2.24, 2.45) is 5.92 Å². The Morgan fingerprint density at radius 1 is 1.60 bits per heavy atom. The van der Waals surface area contributed by atoms with Crippen LogP contribution in [0.15, 0.2) is 0 Å². The summed E-state index contributed by atoms with van der Waals surface area (Å²) < 4.78 is 5.24. The summed E-state index contributed by atoms with van der Waals surface area (Å²) in [6.45, 7) is 4.63. The molecular weight excluding hydrogens is 194 g/mol. The molecule has 0 spiro atoms. The predicted octanol–water partition coefficient (Wildman–Crippen LogP) is 1.25. The second-order valence-corrected chi connectivity index (χ2v) is 4.91. The van der Waals surface area contributed by atoms with E-state index in [1.807, 2.05) is 13.8 Å². The Labute approximate surface area is 91.0 Å². The van der Waals surface area contributed by atoms with E-state index in [1.54, 1.807) is 7.11 Å². The van der Waals surface area contributed by atoms with Gasteiger partial charge in [0.2, 0.25) is 0 Å². The Kier molecular flexibility index (Phi) is 4.11. The molecule has 1 atom stereocenters. The third-order valence-electron chi connectivity index (χ3n) is 2.90. The van der Waals surface area contributed by atoms with Crippen LogP contribution in [0.1, 0.15) is 33.1 Å². The fourth-order valence-corrected chi connectivity index (χ4v) is 1.45. The number of aliphatic carboxylic acids is 1. The van der Waals surface area contributed by atoms with Crippen LogP contribution in [0.4, 0.5) is 0 Å². The molecule has 1 saturated carbocycles. The summed E-state index contributed by atoms with van der Waals surface area (Å²) in [6, 6.07) is -0.499. The maximum atomic E-state index is 11.0. The zero-order valence-electron chi connectivity index (χ0n) is 9.75. The van der Waals surface area contributed by atoms with Crippen molar-refractivity contribution in [2.75, 3.05) is 13.7 Å². The fraction of sp³-hybridized carbons (Fsp3) is 0.909. The lowest BCUT2D eigenvalue weighted by Crippen LogP contribution is -2.43. The predicted molar refractivity (Wildman–Crippen MR) is 57.9 cm³/mol. The van der Waals surface area contributed by atoms with Gasteiger partial charge in [-0.3, -0.25) is 4.79 Å². The molecule has 0 radical (unpaired) electrons. The molecule has 1 fully saturated rings. The Bertz CT molecular complexity index is 224. The van der Waals surface area contributed by atoms with E-state index in [9.17, 15) is 4.79 Å². The first-order chi connectivity index (χ1) is 6.94. The first-order valence-corrected chi connectivity index (χ1v) is 5.46. The normalized spacial score (nSPS) is 18.9. The number of methoxy groups -OCH3 is 1. The van der Waals surface area contributed by atoms with Crippen molar-refractivity contribution in [3.63, 3.8) is 0 Å². The van der Waals surface area contributed by atoms with Gasteiger partial charge in [0.25, 0.3) is 0 Å². The van der Waals surface area contributed by atoms with Crippen LogP contribution in [-0.4, -0.2) is 36.4 Å². The van der Waals surface area contributed by atoms with Crippen molar-refractivity contribution < 1.29 is 14.6 Å². The standard InChI is InChI=1S/C11H21NO3/c1-11(2,15-3)6-9(10(13)14)12-7-8-4-5-8/h8-9,12H,4-7H2,1-3H3,(H,13,14). The first-order valence-electron chi connectivity index (χ1n) is 5.46. The van der Waals surface area contributed by atoms with E-state index in [1.165, 1.54) is 12.8 Å². The Morgan fingerprint density at radius 3 is 2.60 bits per heavy atom. The number of carboxylic acid groups (broad SMARTS) is 1. The number of carbonyl (C=O) groups is 1. The van der Waals surface area contributed by atoms with Crippen molar-refractivity contribution in [1.82, 2.24) is 5.32 Å². The molecule has 1 aliphatic carbocycles. The number of nitrogens with one attached hydrogen (secondary N) is 1. The lowest BCUT2D eigenvalue weighted by atomic mass is 9.98. The average molecular weight is 215 g/mol. The number of rotatable bonds is 7. The lowest BCUT2D eigenvalue weighted by Gasteiger charge is -2.27. The van der Waals surface area contributed by atoms with Gasteiger partial charge in [0.1, 0.15) is 6.04 Å². The fourth-order valence-electron chi connectivity index (χ4n) is 1.45. The molecule has 0 aliphatic heterocycles. The van der Waals surface area contributed by atoms with Crippen LogP contribution < -0.4 is 5.32 Å². The molecule has 0 aromatic rings. The highest BCUT2D eigenvalue weighted by molar-refractivity contribution is 5.73. The highest BCUT2D eigenvalue weighted by Gasteiger charge is 2.29. The van der Waals surface area contributed by atoms with E-state index in [2.05, 4.69) is 5.32 Å². The SMILES string of the molecule is COC(C)(C)CC(NCC1CC1)C(=O)O. The van der Waals surface area contributed by atoms with E-state index < -0.39 is 12.0 Å².